The van der Waals surface area contributed by atoms with Crippen LogP contribution in [0.4, 0.5) is 11.9 Å². The molecule has 10 heteroatoms. The van der Waals surface area contributed by atoms with Gasteiger partial charge in [-0.15, -0.1) is 0 Å². The van der Waals surface area contributed by atoms with Gasteiger partial charge in [0, 0.05) is 41.2 Å². The van der Waals surface area contributed by atoms with Crippen LogP contribution in [0.25, 0.3) is 5.95 Å². The molecule has 2 heterocycles. The number of aromatic nitrogens is 5. The Kier molecular flexibility index (Phi) is 4.58. The molecule has 0 saturated heterocycles. The van der Waals surface area contributed by atoms with Gasteiger partial charge >= 0.3 is 0 Å². The average Bonchev–Trinajstić information content (AvgIpc) is 2.91. The Hall–Kier alpha value is -2.07. The second-order valence-electron chi connectivity index (χ2n) is 4.16. The molecule has 0 aliphatic rings. The van der Waals surface area contributed by atoms with Gasteiger partial charge in [0.2, 0.25) is 11.9 Å². The normalized spacial score (nSPS) is 13.8. The van der Waals surface area contributed by atoms with Crippen molar-refractivity contribution in [3.63, 3.8) is 0 Å². The molecule has 4 N–H and O–H groups in total. The fourth-order valence-corrected chi connectivity index (χ4v) is 2.39. The van der Waals surface area contributed by atoms with E-state index in [9.17, 15) is 4.21 Å². The van der Waals surface area contributed by atoms with Gasteiger partial charge in [0.15, 0.2) is 0 Å². The van der Waals surface area contributed by atoms with Crippen molar-refractivity contribution in [2.45, 2.75) is 13.0 Å². The topological polar surface area (TPSA) is 124 Å². The molecule has 0 saturated carbocycles. The minimum Gasteiger partial charge on any atom is -0.351 e. The first-order valence-corrected chi connectivity index (χ1v) is 7.60. The Labute approximate surface area is 118 Å². The summed E-state index contributed by atoms with van der Waals surface area (Å²) in [6.45, 7) is 1.90. The quantitative estimate of drug-likeness (QED) is 0.482. The van der Waals surface area contributed by atoms with Crippen molar-refractivity contribution in [1.29, 1.82) is 0 Å². The molecule has 0 radical (unpaired) electrons. The fourth-order valence-electron chi connectivity index (χ4n) is 1.60. The Bertz CT molecular complexity index is 587. The summed E-state index contributed by atoms with van der Waals surface area (Å²) in [5, 5.41) is 7.11. The third-order valence-electron chi connectivity index (χ3n) is 2.32. The molecule has 2 unspecified atom stereocenters. The molecule has 108 valence electrons. The lowest BCUT2D eigenvalue weighted by Gasteiger charge is -2.13. The first kappa shape index (κ1) is 14.3. The van der Waals surface area contributed by atoms with Gasteiger partial charge < -0.3 is 5.32 Å². The summed E-state index contributed by atoms with van der Waals surface area (Å²) in [6, 6.07) is 1.72. The zero-order chi connectivity index (χ0) is 14.5. The van der Waals surface area contributed by atoms with E-state index in [1.54, 1.807) is 24.7 Å². The number of nitrogens with two attached hydrogens (primary N) is 1. The number of nitrogens with one attached hydrogen (secondary N) is 2. The lowest BCUT2D eigenvalue weighted by atomic mass is 10.4. The predicted molar refractivity (Wildman–Crippen MR) is 76.8 cm³/mol. The Morgan fingerprint density at radius 2 is 2.15 bits per heavy atom. The molecule has 2 atom stereocenters. The minimum absolute atomic E-state index is 0.0423. The summed E-state index contributed by atoms with van der Waals surface area (Å²) in [6.07, 6.45) is 4.98. The van der Waals surface area contributed by atoms with Crippen molar-refractivity contribution in [2.24, 2.45) is 5.84 Å². The van der Waals surface area contributed by atoms with Gasteiger partial charge in [-0.05, 0) is 13.0 Å². The van der Waals surface area contributed by atoms with E-state index in [0.29, 0.717) is 17.6 Å². The van der Waals surface area contributed by atoms with Crippen LogP contribution >= 0.6 is 0 Å². The first-order chi connectivity index (χ1) is 9.58. The third kappa shape index (κ3) is 3.71. The maximum Gasteiger partial charge on any atom is 0.257 e. The van der Waals surface area contributed by atoms with Crippen LogP contribution in [0, 0.1) is 0 Å². The van der Waals surface area contributed by atoms with Crippen LogP contribution < -0.4 is 16.6 Å². The number of rotatable bonds is 6. The maximum absolute atomic E-state index is 11.2. The van der Waals surface area contributed by atoms with Crippen molar-refractivity contribution >= 4 is 22.7 Å². The van der Waals surface area contributed by atoms with Crippen molar-refractivity contribution < 1.29 is 4.21 Å². The van der Waals surface area contributed by atoms with Crippen LogP contribution in [-0.2, 0) is 10.8 Å². The van der Waals surface area contributed by atoms with Gasteiger partial charge in [-0.3, -0.25) is 9.63 Å². The molecule has 0 aliphatic heterocycles. The predicted octanol–water partition coefficient (Wildman–Crippen LogP) is -0.478. The van der Waals surface area contributed by atoms with Gasteiger partial charge in [0.05, 0.1) is 0 Å². The lowest BCUT2D eigenvalue weighted by molar-refractivity contribution is 0.682. The molecule has 0 bridgehead atoms. The lowest BCUT2D eigenvalue weighted by Crippen LogP contribution is -2.25. The average molecular weight is 296 g/mol. The van der Waals surface area contributed by atoms with E-state index in [1.165, 1.54) is 4.68 Å². The molecule has 20 heavy (non-hydrogen) atoms. The van der Waals surface area contributed by atoms with E-state index in [2.05, 4.69) is 30.8 Å². The highest BCUT2D eigenvalue weighted by atomic mass is 32.2. The highest BCUT2D eigenvalue weighted by molar-refractivity contribution is 7.84. The number of nitrogen functional groups attached to an aromatic ring is 1. The van der Waals surface area contributed by atoms with Gasteiger partial charge in [0.1, 0.15) is 0 Å². The minimum atomic E-state index is -0.903. The molecular weight excluding hydrogens is 280 g/mol. The van der Waals surface area contributed by atoms with Crippen LogP contribution in [-0.4, -0.2) is 47.0 Å². The fraction of sp³-hybridized carbons (Fsp3) is 0.400. The van der Waals surface area contributed by atoms with Crippen molar-refractivity contribution in [3.8, 4) is 5.95 Å². The number of anilines is 2. The molecule has 2 rings (SSSR count). The largest absolute Gasteiger partial charge is 0.351 e. The van der Waals surface area contributed by atoms with Crippen LogP contribution in [0.2, 0.25) is 0 Å². The van der Waals surface area contributed by atoms with Crippen molar-refractivity contribution in [2.75, 3.05) is 22.8 Å². The molecule has 0 fully saturated rings. The first-order valence-electron chi connectivity index (χ1n) is 5.87. The van der Waals surface area contributed by atoms with Gasteiger partial charge in [0.25, 0.3) is 5.95 Å². The summed E-state index contributed by atoms with van der Waals surface area (Å²) >= 11 is 0. The maximum atomic E-state index is 11.2. The molecule has 0 aromatic carbocycles. The van der Waals surface area contributed by atoms with Gasteiger partial charge in [-0.2, -0.15) is 20.1 Å². The number of nitrogens with zero attached hydrogens (tertiary/aromatic N) is 5. The second kappa shape index (κ2) is 6.39. The smallest absolute Gasteiger partial charge is 0.257 e. The van der Waals surface area contributed by atoms with E-state index < -0.39 is 10.8 Å². The molecule has 9 nitrogen and oxygen atoms in total. The SMILES string of the molecule is CC(CS(C)=O)Nc1nc(NN)nc(-n2cccn2)n1. The molecule has 2 aromatic rings. The van der Waals surface area contributed by atoms with Crippen LogP contribution in [0.1, 0.15) is 6.92 Å². The summed E-state index contributed by atoms with van der Waals surface area (Å²) in [5.74, 6) is 6.74. The van der Waals surface area contributed by atoms with Crippen molar-refractivity contribution in [3.05, 3.63) is 18.5 Å². The van der Waals surface area contributed by atoms with E-state index in [-0.39, 0.29) is 12.0 Å². The summed E-state index contributed by atoms with van der Waals surface area (Å²) in [5.41, 5.74) is 2.38. The standard InChI is InChI=1S/C10H16N8OS/c1-7(6-20(2)19)13-8-14-9(17-11)16-10(15-8)18-5-3-4-12-18/h3-5,7H,6,11H2,1-2H3,(H2,13,14,15,16,17). The Balaban J connectivity index is 2.24. The van der Waals surface area contributed by atoms with E-state index in [1.807, 2.05) is 6.92 Å². The summed E-state index contributed by atoms with van der Waals surface area (Å²) < 4.78 is 12.7. The number of hydrazine groups is 1. The van der Waals surface area contributed by atoms with Gasteiger partial charge in [-0.25, -0.2) is 10.5 Å². The zero-order valence-electron chi connectivity index (χ0n) is 11.1. The highest BCUT2D eigenvalue weighted by Gasteiger charge is 2.11. The highest BCUT2D eigenvalue weighted by Crippen LogP contribution is 2.09. The molecule has 0 spiro atoms. The van der Waals surface area contributed by atoms with E-state index >= 15 is 0 Å². The van der Waals surface area contributed by atoms with Gasteiger partial charge in [-0.1, -0.05) is 0 Å². The van der Waals surface area contributed by atoms with Crippen LogP contribution in [0.3, 0.4) is 0 Å². The van der Waals surface area contributed by atoms with E-state index in [4.69, 9.17) is 5.84 Å². The number of hydrogen-bond acceptors (Lipinski definition) is 8. The van der Waals surface area contributed by atoms with Crippen molar-refractivity contribution in [1.82, 2.24) is 24.7 Å². The molecule has 2 aromatic heterocycles. The van der Waals surface area contributed by atoms with Crippen LogP contribution in [0.5, 0.6) is 0 Å². The monoisotopic (exact) mass is 296 g/mol. The summed E-state index contributed by atoms with van der Waals surface area (Å²) in [7, 11) is -0.903. The third-order valence-corrected chi connectivity index (χ3v) is 3.29. The van der Waals surface area contributed by atoms with E-state index in [0.717, 1.165) is 0 Å². The summed E-state index contributed by atoms with van der Waals surface area (Å²) in [4.78, 5) is 12.4. The molecule has 0 amide bonds. The second-order valence-corrected chi connectivity index (χ2v) is 5.64. The Morgan fingerprint density at radius 3 is 2.75 bits per heavy atom. The number of hydrogen-bond donors (Lipinski definition) is 3. The molecule has 0 aliphatic carbocycles. The molecular formula is C10H16N8OS. The zero-order valence-corrected chi connectivity index (χ0v) is 12.0. The Morgan fingerprint density at radius 1 is 1.40 bits per heavy atom. The van der Waals surface area contributed by atoms with Crippen LogP contribution in [0.15, 0.2) is 18.5 Å².